The molecule has 0 aromatic carbocycles. The first kappa shape index (κ1) is 7.52. The van der Waals surface area contributed by atoms with E-state index in [1.54, 1.807) is 0 Å². The van der Waals surface area contributed by atoms with E-state index in [2.05, 4.69) is 19.8 Å². The summed E-state index contributed by atoms with van der Waals surface area (Å²) in [4.78, 5) is 0. The molecule has 2 atom stereocenters. The predicted octanol–water partition coefficient (Wildman–Crippen LogP) is 0.993. The Morgan fingerprint density at radius 3 is 2.38 bits per heavy atom. The summed E-state index contributed by atoms with van der Waals surface area (Å²) >= 11 is 0. The van der Waals surface area contributed by atoms with E-state index in [1.807, 2.05) is 0 Å². The van der Waals surface area contributed by atoms with E-state index in [0.717, 1.165) is 6.42 Å². The predicted molar refractivity (Wildman–Crippen MR) is 36.3 cm³/mol. The number of hydrogen-bond acceptors (Lipinski definition) is 1. The lowest BCUT2D eigenvalue weighted by Gasteiger charge is -2.10. The zero-order chi connectivity index (χ0) is 6.57. The largest absolute Gasteiger partial charge is 0.317 e. The topological polar surface area (TPSA) is 26.0 Å². The molecule has 1 heteroatoms. The highest BCUT2D eigenvalue weighted by Gasteiger charge is 2.04. The molecular formula is C7H13N. The van der Waals surface area contributed by atoms with Crippen LogP contribution in [0.1, 0.15) is 20.3 Å². The van der Waals surface area contributed by atoms with Crippen molar-refractivity contribution in [2.75, 3.05) is 0 Å². The number of nitrogens with two attached hydrogens (primary N) is 1. The Morgan fingerprint density at radius 1 is 1.75 bits per heavy atom. The molecule has 0 spiro atoms. The second-order valence-corrected chi connectivity index (χ2v) is 2.08. The summed E-state index contributed by atoms with van der Waals surface area (Å²) in [5, 5.41) is 0. The summed E-state index contributed by atoms with van der Waals surface area (Å²) < 4.78 is 0. The summed E-state index contributed by atoms with van der Waals surface area (Å²) in [7, 11) is 0. The SMILES string of the molecule is C#C[C@@H](N)[C@@H](C)CC. The van der Waals surface area contributed by atoms with Gasteiger partial charge < -0.3 is 5.73 Å². The van der Waals surface area contributed by atoms with Gasteiger partial charge in [0.1, 0.15) is 0 Å². The summed E-state index contributed by atoms with van der Waals surface area (Å²) in [6.45, 7) is 4.15. The van der Waals surface area contributed by atoms with E-state index in [4.69, 9.17) is 12.2 Å². The molecule has 0 saturated heterocycles. The molecule has 0 rings (SSSR count). The van der Waals surface area contributed by atoms with Crippen molar-refractivity contribution in [2.24, 2.45) is 11.7 Å². The molecule has 0 saturated carbocycles. The van der Waals surface area contributed by atoms with Crippen molar-refractivity contribution >= 4 is 0 Å². The molecule has 1 nitrogen and oxygen atoms in total. The van der Waals surface area contributed by atoms with Crippen LogP contribution in [0.25, 0.3) is 0 Å². The first-order valence-electron chi connectivity index (χ1n) is 2.94. The summed E-state index contributed by atoms with van der Waals surface area (Å²) in [6, 6.07) is -0.0556. The summed E-state index contributed by atoms with van der Waals surface area (Å²) in [5.41, 5.74) is 5.49. The van der Waals surface area contributed by atoms with Gasteiger partial charge >= 0.3 is 0 Å². The van der Waals surface area contributed by atoms with Crippen molar-refractivity contribution in [2.45, 2.75) is 26.3 Å². The van der Waals surface area contributed by atoms with Gasteiger partial charge in [-0.3, -0.25) is 0 Å². The van der Waals surface area contributed by atoms with Gasteiger partial charge in [-0.15, -0.1) is 6.42 Å². The minimum absolute atomic E-state index is 0.0556. The van der Waals surface area contributed by atoms with Crippen molar-refractivity contribution in [3.05, 3.63) is 0 Å². The molecule has 0 aliphatic carbocycles. The van der Waals surface area contributed by atoms with Crippen LogP contribution in [0, 0.1) is 18.3 Å². The van der Waals surface area contributed by atoms with Crippen LogP contribution in [0.2, 0.25) is 0 Å². The third-order valence-electron chi connectivity index (χ3n) is 1.45. The summed E-state index contributed by atoms with van der Waals surface area (Å²) in [5.74, 6) is 2.95. The average molecular weight is 111 g/mol. The second kappa shape index (κ2) is 3.51. The van der Waals surface area contributed by atoms with Crippen LogP contribution in [0.5, 0.6) is 0 Å². The Morgan fingerprint density at radius 2 is 2.25 bits per heavy atom. The van der Waals surface area contributed by atoms with Crippen molar-refractivity contribution < 1.29 is 0 Å². The van der Waals surface area contributed by atoms with Crippen LogP contribution in [-0.2, 0) is 0 Å². The lowest BCUT2D eigenvalue weighted by atomic mass is 10.0. The zero-order valence-corrected chi connectivity index (χ0v) is 5.52. The molecule has 8 heavy (non-hydrogen) atoms. The molecule has 0 aromatic heterocycles. The molecule has 0 aliphatic heterocycles. The lowest BCUT2D eigenvalue weighted by molar-refractivity contribution is 0.514. The quantitative estimate of drug-likeness (QED) is 0.528. The normalized spacial score (nSPS) is 16.8. The highest BCUT2D eigenvalue weighted by molar-refractivity contribution is 4.98. The van der Waals surface area contributed by atoms with Crippen molar-refractivity contribution in [1.82, 2.24) is 0 Å². The Balaban J connectivity index is 3.49. The molecule has 0 unspecified atom stereocenters. The van der Waals surface area contributed by atoms with E-state index in [1.165, 1.54) is 0 Å². The van der Waals surface area contributed by atoms with Gasteiger partial charge in [0.2, 0.25) is 0 Å². The van der Waals surface area contributed by atoms with Gasteiger partial charge in [-0.2, -0.15) is 0 Å². The van der Waals surface area contributed by atoms with Crippen LogP contribution in [0.4, 0.5) is 0 Å². The standard InChI is InChI=1S/C7H13N/c1-4-6(3)7(8)5-2/h2,6-7H,4,8H2,1,3H3/t6-,7+/m0/s1. The second-order valence-electron chi connectivity index (χ2n) is 2.08. The van der Waals surface area contributed by atoms with E-state index in [0.29, 0.717) is 5.92 Å². The Hall–Kier alpha value is -0.480. The van der Waals surface area contributed by atoms with Crippen LogP contribution in [0.3, 0.4) is 0 Å². The number of hydrogen-bond donors (Lipinski definition) is 1. The minimum Gasteiger partial charge on any atom is -0.317 e. The van der Waals surface area contributed by atoms with Gasteiger partial charge in [0.05, 0.1) is 6.04 Å². The first-order chi connectivity index (χ1) is 3.72. The van der Waals surface area contributed by atoms with Gasteiger partial charge in [-0.05, 0) is 5.92 Å². The van der Waals surface area contributed by atoms with Gasteiger partial charge in [-0.1, -0.05) is 26.2 Å². The molecule has 0 aromatic rings. The fourth-order valence-corrected chi connectivity index (χ4v) is 0.418. The van der Waals surface area contributed by atoms with E-state index in [9.17, 15) is 0 Å². The molecule has 0 amide bonds. The van der Waals surface area contributed by atoms with E-state index < -0.39 is 0 Å². The molecule has 46 valence electrons. The molecule has 0 bridgehead atoms. The maximum atomic E-state index is 5.49. The van der Waals surface area contributed by atoms with E-state index in [-0.39, 0.29) is 6.04 Å². The Labute approximate surface area is 51.3 Å². The van der Waals surface area contributed by atoms with Crippen LogP contribution >= 0.6 is 0 Å². The fraction of sp³-hybridized carbons (Fsp3) is 0.714. The molecule has 2 N–H and O–H groups in total. The van der Waals surface area contributed by atoms with Gasteiger partial charge in [0, 0.05) is 0 Å². The number of rotatable bonds is 2. The third-order valence-corrected chi connectivity index (χ3v) is 1.45. The molecule has 0 aliphatic rings. The maximum absolute atomic E-state index is 5.49. The van der Waals surface area contributed by atoms with Gasteiger partial charge in [-0.25, -0.2) is 0 Å². The zero-order valence-electron chi connectivity index (χ0n) is 5.52. The lowest BCUT2D eigenvalue weighted by Crippen LogP contribution is -2.25. The Kier molecular flexibility index (Phi) is 3.30. The monoisotopic (exact) mass is 111 g/mol. The Bertz CT molecular complexity index is 91.1. The molecule has 0 radical (unpaired) electrons. The highest BCUT2D eigenvalue weighted by Crippen LogP contribution is 2.02. The molecule has 0 heterocycles. The number of terminal acetylenes is 1. The van der Waals surface area contributed by atoms with Gasteiger partial charge in [0.15, 0.2) is 0 Å². The van der Waals surface area contributed by atoms with Crippen molar-refractivity contribution in [1.29, 1.82) is 0 Å². The minimum atomic E-state index is -0.0556. The van der Waals surface area contributed by atoms with Crippen LogP contribution in [0.15, 0.2) is 0 Å². The van der Waals surface area contributed by atoms with Crippen molar-refractivity contribution in [3.63, 3.8) is 0 Å². The third kappa shape index (κ3) is 1.99. The van der Waals surface area contributed by atoms with Crippen LogP contribution < -0.4 is 5.73 Å². The molecule has 0 fully saturated rings. The smallest absolute Gasteiger partial charge is 0.0687 e. The highest BCUT2D eigenvalue weighted by atomic mass is 14.6. The summed E-state index contributed by atoms with van der Waals surface area (Å²) in [6.07, 6.45) is 6.13. The average Bonchev–Trinajstić information content (AvgIpc) is 1.84. The fourth-order valence-electron chi connectivity index (χ4n) is 0.418. The van der Waals surface area contributed by atoms with Gasteiger partial charge in [0.25, 0.3) is 0 Å². The molecular weight excluding hydrogens is 98.1 g/mol. The van der Waals surface area contributed by atoms with Crippen LogP contribution in [-0.4, -0.2) is 6.04 Å². The maximum Gasteiger partial charge on any atom is 0.0687 e. The van der Waals surface area contributed by atoms with Crippen molar-refractivity contribution in [3.8, 4) is 12.3 Å². The van der Waals surface area contributed by atoms with E-state index >= 15 is 0 Å². The first-order valence-corrected chi connectivity index (χ1v) is 2.94.